The molecule has 0 spiro atoms. The predicted molar refractivity (Wildman–Crippen MR) is 92.3 cm³/mol. The molecule has 0 aliphatic carbocycles. The fourth-order valence-electron chi connectivity index (χ4n) is 1.92. The second-order valence-electron chi connectivity index (χ2n) is 4.78. The van der Waals surface area contributed by atoms with Gasteiger partial charge in [0, 0.05) is 6.20 Å². The number of benzene rings is 1. The summed E-state index contributed by atoms with van der Waals surface area (Å²) in [5, 5.41) is 2.95. The lowest BCUT2D eigenvalue weighted by atomic mass is 10.2. The van der Waals surface area contributed by atoms with Crippen molar-refractivity contribution in [3.8, 4) is 11.5 Å². The number of methoxy groups -OCH3 is 1. The van der Waals surface area contributed by atoms with Crippen LogP contribution in [0, 0.1) is 0 Å². The van der Waals surface area contributed by atoms with Gasteiger partial charge in [0.05, 0.1) is 24.3 Å². The van der Waals surface area contributed by atoms with Gasteiger partial charge in [0.15, 0.2) is 18.1 Å². The van der Waals surface area contributed by atoms with Gasteiger partial charge in [0.1, 0.15) is 5.82 Å². The van der Waals surface area contributed by atoms with Gasteiger partial charge in [-0.05, 0) is 37.3 Å². The number of carbonyl (C=O) groups is 2. The molecule has 0 aliphatic rings. The second kappa shape index (κ2) is 8.89. The molecule has 1 aromatic heterocycles. The molecular formula is C17H17ClN2O5. The largest absolute Gasteiger partial charge is 0.493 e. The Morgan fingerprint density at radius 3 is 2.64 bits per heavy atom. The molecule has 1 aromatic carbocycles. The Balaban J connectivity index is 1.94. The van der Waals surface area contributed by atoms with Gasteiger partial charge in [0.25, 0.3) is 5.91 Å². The summed E-state index contributed by atoms with van der Waals surface area (Å²) >= 11 is 5.71. The minimum atomic E-state index is -0.650. The van der Waals surface area contributed by atoms with E-state index >= 15 is 0 Å². The highest BCUT2D eigenvalue weighted by Gasteiger charge is 2.14. The smallest absolute Gasteiger partial charge is 0.338 e. The average Bonchev–Trinajstić information content (AvgIpc) is 2.62. The number of nitrogens with zero attached hydrogens (tertiary/aromatic N) is 1. The van der Waals surface area contributed by atoms with Crippen LogP contribution in [0.2, 0.25) is 5.02 Å². The number of amides is 1. The molecule has 2 rings (SSSR count). The first-order chi connectivity index (χ1) is 12.0. The minimum absolute atomic E-state index is 0.252. The fourth-order valence-corrected chi connectivity index (χ4v) is 2.03. The number of rotatable bonds is 7. The third-order valence-electron chi connectivity index (χ3n) is 3.03. The lowest BCUT2D eigenvalue weighted by Gasteiger charge is -2.11. The monoisotopic (exact) mass is 364 g/mol. The van der Waals surface area contributed by atoms with Crippen LogP contribution in [-0.2, 0) is 9.53 Å². The van der Waals surface area contributed by atoms with E-state index in [0.29, 0.717) is 28.9 Å². The summed E-state index contributed by atoms with van der Waals surface area (Å²) in [6, 6.07) is 7.76. The van der Waals surface area contributed by atoms with E-state index in [4.69, 9.17) is 25.8 Å². The summed E-state index contributed by atoms with van der Waals surface area (Å²) in [5.74, 6) is 0.0808. The van der Waals surface area contributed by atoms with Crippen LogP contribution in [0.3, 0.4) is 0 Å². The summed E-state index contributed by atoms with van der Waals surface area (Å²) in [7, 11) is 1.50. The van der Waals surface area contributed by atoms with Crippen LogP contribution in [0.1, 0.15) is 17.3 Å². The molecule has 0 radical (unpaired) electrons. The van der Waals surface area contributed by atoms with E-state index in [-0.39, 0.29) is 5.56 Å². The van der Waals surface area contributed by atoms with Crippen molar-refractivity contribution in [1.29, 1.82) is 0 Å². The number of nitrogens with one attached hydrogen (secondary N) is 1. The summed E-state index contributed by atoms with van der Waals surface area (Å²) in [6.07, 6.45) is 1.40. The lowest BCUT2D eigenvalue weighted by molar-refractivity contribution is -0.119. The lowest BCUT2D eigenvalue weighted by Crippen LogP contribution is -2.21. The molecule has 0 aliphatic heterocycles. The average molecular weight is 365 g/mol. The molecule has 2 aromatic rings. The predicted octanol–water partition coefficient (Wildman–Crippen LogP) is 2.94. The highest BCUT2D eigenvalue weighted by Crippen LogP contribution is 2.28. The Bertz CT molecular complexity index is 749. The Kier molecular flexibility index (Phi) is 6.59. The molecule has 1 heterocycles. The molecule has 0 bridgehead atoms. The first-order valence-corrected chi connectivity index (χ1v) is 7.80. The van der Waals surface area contributed by atoms with E-state index in [1.165, 1.54) is 25.4 Å². The van der Waals surface area contributed by atoms with Gasteiger partial charge in [-0.2, -0.15) is 0 Å². The summed E-state index contributed by atoms with van der Waals surface area (Å²) in [5.41, 5.74) is 0.252. The van der Waals surface area contributed by atoms with E-state index in [0.717, 1.165) is 0 Å². The number of hydrogen-bond donors (Lipinski definition) is 1. The van der Waals surface area contributed by atoms with Crippen LogP contribution < -0.4 is 14.8 Å². The number of carbonyl (C=O) groups excluding carboxylic acids is 2. The molecule has 0 saturated heterocycles. The van der Waals surface area contributed by atoms with Crippen LogP contribution in [0.4, 0.5) is 5.82 Å². The van der Waals surface area contributed by atoms with E-state index in [2.05, 4.69) is 10.3 Å². The molecule has 0 saturated carbocycles. The molecular weight excluding hydrogens is 348 g/mol. The zero-order valence-electron chi connectivity index (χ0n) is 13.7. The van der Waals surface area contributed by atoms with Crippen molar-refractivity contribution in [2.24, 2.45) is 0 Å². The van der Waals surface area contributed by atoms with Crippen LogP contribution in [0.15, 0.2) is 36.5 Å². The van der Waals surface area contributed by atoms with Crippen molar-refractivity contribution in [3.63, 3.8) is 0 Å². The molecule has 0 atom stereocenters. The van der Waals surface area contributed by atoms with Crippen LogP contribution >= 0.6 is 11.6 Å². The zero-order chi connectivity index (χ0) is 18.2. The summed E-state index contributed by atoms with van der Waals surface area (Å²) < 4.78 is 15.5. The second-order valence-corrected chi connectivity index (χ2v) is 5.22. The Labute approximate surface area is 149 Å². The first-order valence-electron chi connectivity index (χ1n) is 7.43. The Hall–Kier alpha value is -2.80. The molecule has 0 unspecified atom stereocenters. The fraction of sp³-hybridized carbons (Fsp3) is 0.235. The number of pyridine rings is 1. The van der Waals surface area contributed by atoms with E-state index in [1.54, 1.807) is 18.2 Å². The molecule has 1 amide bonds. The highest BCUT2D eigenvalue weighted by atomic mass is 35.5. The molecule has 8 heteroatoms. The Morgan fingerprint density at radius 2 is 2.00 bits per heavy atom. The molecule has 0 fully saturated rings. The zero-order valence-corrected chi connectivity index (χ0v) is 14.5. The van der Waals surface area contributed by atoms with Gasteiger partial charge >= 0.3 is 5.97 Å². The van der Waals surface area contributed by atoms with Crippen LogP contribution in [0.5, 0.6) is 11.5 Å². The number of esters is 1. The van der Waals surface area contributed by atoms with E-state index in [9.17, 15) is 9.59 Å². The van der Waals surface area contributed by atoms with Gasteiger partial charge in [-0.25, -0.2) is 9.78 Å². The quantitative estimate of drug-likeness (QED) is 0.760. The number of anilines is 1. The Morgan fingerprint density at radius 1 is 1.20 bits per heavy atom. The van der Waals surface area contributed by atoms with Crippen molar-refractivity contribution < 1.29 is 23.8 Å². The van der Waals surface area contributed by atoms with Crippen molar-refractivity contribution in [2.45, 2.75) is 6.92 Å². The summed E-state index contributed by atoms with van der Waals surface area (Å²) in [4.78, 5) is 27.8. The van der Waals surface area contributed by atoms with Gasteiger partial charge in [-0.1, -0.05) is 11.6 Å². The maximum absolute atomic E-state index is 12.1. The number of halogens is 1. The number of ether oxygens (including phenoxy) is 3. The molecule has 7 nitrogen and oxygen atoms in total. The summed E-state index contributed by atoms with van der Waals surface area (Å²) in [6.45, 7) is 1.80. The standard InChI is InChI=1S/C17H17ClN2O5/c1-3-24-14-8-11(4-6-13(14)23-2)17(22)25-10-16(21)20-15-7-5-12(18)9-19-15/h4-9H,3,10H2,1-2H3,(H,19,20,21). The molecule has 1 N–H and O–H groups in total. The number of aromatic nitrogens is 1. The topological polar surface area (TPSA) is 86.8 Å². The van der Waals surface area contributed by atoms with Gasteiger partial charge in [-0.3, -0.25) is 4.79 Å². The van der Waals surface area contributed by atoms with Gasteiger partial charge in [0.2, 0.25) is 0 Å². The van der Waals surface area contributed by atoms with Crippen molar-refractivity contribution in [3.05, 3.63) is 47.1 Å². The maximum atomic E-state index is 12.1. The van der Waals surface area contributed by atoms with E-state index in [1.807, 2.05) is 6.92 Å². The van der Waals surface area contributed by atoms with Crippen molar-refractivity contribution >= 4 is 29.3 Å². The van der Waals surface area contributed by atoms with Gasteiger partial charge < -0.3 is 19.5 Å². The van der Waals surface area contributed by atoms with Crippen LogP contribution in [0.25, 0.3) is 0 Å². The van der Waals surface area contributed by atoms with Crippen molar-refractivity contribution in [2.75, 3.05) is 25.6 Å². The SMILES string of the molecule is CCOc1cc(C(=O)OCC(=O)Nc2ccc(Cl)cn2)ccc1OC. The molecule has 132 valence electrons. The third kappa shape index (κ3) is 5.36. The van der Waals surface area contributed by atoms with Gasteiger partial charge in [-0.15, -0.1) is 0 Å². The molecule has 25 heavy (non-hydrogen) atoms. The minimum Gasteiger partial charge on any atom is -0.493 e. The highest BCUT2D eigenvalue weighted by molar-refractivity contribution is 6.30. The van der Waals surface area contributed by atoms with E-state index < -0.39 is 18.5 Å². The van der Waals surface area contributed by atoms with Crippen LogP contribution in [-0.4, -0.2) is 37.2 Å². The van der Waals surface area contributed by atoms with Crippen molar-refractivity contribution in [1.82, 2.24) is 4.98 Å². The maximum Gasteiger partial charge on any atom is 0.338 e. The number of hydrogen-bond acceptors (Lipinski definition) is 6. The third-order valence-corrected chi connectivity index (χ3v) is 3.25. The normalized spacial score (nSPS) is 10.0. The first kappa shape index (κ1) is 18.5.